The van der Waals surface area contributed by atoms with Crippen molar-refractivity contribution in [2.24, 2.45) is 0 Å². The van der Waals surface area contributed by atoms with E-state index in [4.69, 9.17) is 4.74 Å². The maximum atomic E-state index is 9.80. The number of hydrogen-bond donors (Lipinski definition) is 2. The summed E-state index contributed by atoms with van der Waals surface area (Å²) in [7, 11) is 1.53. The molecule has 0 aliphatic heterocycles. The number of aryl methyl sites for hydroxylation is 1. The van der Waals surface area contributed by atoms with Crippen molar-refractivity contribution < 1.29 is 14.9 Å². The molecule has 2 rings (SSSR count). The van der Waals surface area contributed by atoms with E-state index >= 15 is 0 Å². The van der Waals surface area contributed by atoms with Crippen molar-refractivity contribution in [1.82, 2.24) is 0 Å². The first-order chi connectivity index (χ1) is 7.14. The van der Waals surface area contributed by atoms with Crippen LogP contribution in [0.5, 0.6) is 11.5 Å². The summed E-state index contributed by atoms with van der Waals surface area (Å²) in [6, 6.07) is 5.44. The third-order valence-electron chi connectivity index (χ3n) is 2.99. The number of ether oxygens (including phenoxy) is 1. The number of methoxy groups -OCH3 is 1. The number of para-hydroxylation sites is 1. The largest absolute Gasteiger partial charge is 0.504 e. The Morgan fingerprint density at radius 1 is 1.40 bits per heavy atom. The zero-order valence-electron chi connectivity index (χ0n) is 8.86. The minimum atomic E-state index is -0.463. The number of phenols is 1. The van der Waals surface area contributed by atoms with Gasteiger partial charge < -0.3 is 14.9 Å². The average Bonchev–Trinajstić information content (AvgIpc) is 2.96. The molecular formula is C12H16O3. The third-order valence-corrected chi connectivity index (χ3v) is 2.99. The Labute approximate surface area is 89.3 Å². The molecule has 0 atom stereocenters. The van der Waals surface area contributed by atoms with Gasteiger partial charge in [-0.25, -0.2) is 0 Å². The van der Waals surface area contributed by atoms with Gasteiger partial charge in [-0.05, 0) is 37.3 Å². The molecule has 0 unspecified atom stereocenters. The highest BCUT2D eigenvalue weighted by molar-refractivity contribution is 5.45. The van der Waals surface area contributed by atoms with Crippen LogP contribution in [0.1, 0.15) is 24.8 Å². The Kier molecular flexibility index (Phi) is 2.57. The van der Waals surface area contributed by atoms with E-state index in [1.54, 1.807) is 6.07 Å². The maximum absolute atomic E-state index is 9.80. The van der Waals surface area contributed by atoms with Crippen LogP contribution in [-0.2, 0) is 6.42 Å². The molecule has 1 aromatic rings. The highest BCUT2D eigenvalue weighted by Gasteiger charge is 2.39. The predicted octanol–water partition coefficient (Wildman–Crippen LogP) is 1.86. The minimum Gasteiger partial charge on any atom is -0.504 e. The monoisotopic (exact) mass is 208 g/mol. The molecular weight excluding hydrogens is 192 g/mol. The first kappa shape index (κ1) is 10.3. The lowest BCUT2D eigenvalue weighted by molar-refractivity contribution is 0.140. The summed E-state index contributed by atoms with van der Waals surface area (Å²) in [5, 5.41) is 19.5. The molecule has 15 heavy (non-hydrogen) atoms. The summed E-state index contributed by atoms with van der Waals surface area (Å²) in [6.07, 6.45) is 3.18. The van der Waals surface area contributed by atoms with Gasteiger partial charge in [-0.3, -0.25) is 0 Å². The van der Waals surface area contributed by atoms with Gasteiger partial charge in [-0.15, -0.1) is 0 Å². The van der Waals surface area contributed by atoms with Crippen molar-refractivity contribution in [3.8, 4) is 11.5 Å². The molecule has 1 aliphatic rings. The number of aromatic hydroxyl groups is 1. The zero-order valence-corrected chi connectivity index (χ0v) is 8.86. The quantitative estimate of drug-likeness (QED) is 0.794. The molecule has 0 bridgehead atoms. The molecule has 1 fully saturated rings. The van der Waals surface area contributed by atoms with E-state index in [9.17, 15) is 10.2 Å². The Hall–Kier alpha value is -1.22. The minimum absolute atomic E-state index is 0.198. The van der Waals surface area contributed by atoms with Crippen molar-refractivity contribution in [2.75, 3.05) is 7.11 Å². The smallest absolute Gasteiger partial charge is 0.160 e. The van der Waals surface area contributed by atoms with Crippen LogP contribution in [0.3, 0.4) is 0 Å². The van der Waals surface area contributed by atoms with Gasteiger partial charge in [0, 0.05) is 0 Å². The van der Waals surface area contributed by atoms with Gasteiger partial charge in [0.1, 0.15) is 0 Å². The second-order valence-corrected chi connectivity index (χ2v) is 4.19. The van der Waals surface area contributed by atoms with Crippen LogP contribution in [0.25, 0.3) is 0 Å². The molecule has 0 radical (unpaired) electrons. The van der Waals surface area contributed by atoms with Crippen LogP contribution in [0, 0.1) is 0 Å². The van der Waals surface area contributed by atoms with Crippen molar-refractivity contribution in [2.45, 2.75) is 31.3 Å². The van der Waals surface area contributed by atoms with Crippen LogP contribution >= 0.6 is 0 Å². The molecule has 82 valence electrons. The Bertz CT molecular complexity index is 356. The Balaban J connectivity index is 2.07. The number of benzene rings is 1. The van der Waals surface area contributed by atoms with E-state index in [1.165, 1.54) is 7.11 Å². The van der Waals surface area contributed by atoms with E-state index in [1.807, 2.05) is 12.1 Å². The molecule has 0 spiro atoms. The van der Waals surface area contributed by atoms with Crippen LogP contribution in [0.15, 0.2) is 18.2 Å². The normalized spacial score (nSPS) is 17.5. The SMILES string of the molecule is COc1cccc(CCC2(O)CC2)c1O. The molecule has 1 saturated carbocycles. The molecule has 3 nitrogen and oxygen atoms in total. The molecule has 0 amide bonds. The predicted molar refractivity (Wildman–Crippen MR) is 57.2 cm³/mol. The highest BCUT2D eigenvalue weighted by Crippen LogP contribution is 2.40. The molecule has 1 aliphatic carbocycles. The maximum Gasteiger partial charge on any atom is 0.160 e. The fourth-order valence-corrected chi connectivity index (χ4v) is 1.70. The van der Waals surface area contributed by atoms with Gasteiger partial charge in [0.05, 0.1) is 12.7 Å². The third kappa shape index (κ3) is 2.23. The number of rotatable bonds is 4. The first-order valence-electron chi connectivity index (χ1n) is 5.22. The van der Waals surface area contributed by atoms with Crippen LogP contribution in [0.2, 0.25) is 0 Å². The number of hydrogen-bond acceptors (Lipinski definition) is 3. The standard InChI is InChI=1S/C12H16O3/c1-15-10-4-2-3-9(11(10)13)5-6-12(14)7-8-12/h2-4,13-14H,5-8H2,1H3. The average molecular weight is 208 g/mol. The van der Waals surface area contributed by atoms with Crippen LogP contribution in [0.4, 0.5) is 0 Å². The Morgan fingerprint density at radius 2 is 2.13 bits per heavy atom. The van der Waals surface area contributed by atoms with E-state index in [0.29, 0.717) is 18.6 Å². The summed E-state index contributed by atoms with van der Waals surface area (Å²) in [5.41, 5.74) is 0.380. The van der Waals surface area contributed by atoms with Crippen molar-refractivity contribution >= 4 is 0 Å². The second kappa shape index (κ2) is 3.74. The molecule has 0 aromatic heterocycles. The summed E-state index contributed by atoms with van der Waals surface area (Å²) in [4.78, 5) is 0. The summed E-state index contributed by atoms with van der Waals surface area (Å²) in [5.74, 6) is 0.694. The summed E-state index contributed by atoms with van der Waals surface area (Å²) < 4.78 is 5.02. The number of phenolic OH excluding ortho intramolecular Hbond substituents is 1. The van der Waals surface area contributed by atoms with Gasteiger partial charge >= 0.3 is 0 Å². The van der Waals surface area contributed by atoms with E-state index in [2.05, 4.69) is 0 Å². The summed E-state index contributed by atoms with van der Waals surface area (Å²) in [6.45, 7) is 0. The van der Waals surface area contributed by atoms with Gasteiger partial charge in [0.2, 0.25) is 0 Å². The van der Waals surface area contributed by atoms with Crippen molar-refractivity contribution in [1.29, 1.82) is 0 Å². The lowest BCUT2D eigenvalue weighted by atomic mass is 10.0. The molecule has 2 N–H and O–H groups in total. The molecule has 3 heteroatoms. The lowest BCUT2D eigenvalue weighted by Gasteiger charge is -2.10. The molecule has 1 aromatic carbocycles. The van der Waals surface area contributed by atoms with Gasteiger partial charge in [-0.1, -0.05) is 12.1 Å². The van der Waals surface area contributed by atoms with E-state index < -0.39 is 5.60 Å². The molecule has 0 saturated heterocycles. The van der Waals surface area contributed by atoms with Gasteiger partial charge in [0.25, 0.3) is 0 Å². The Morgan fingerprint density at radius 3 is 2.73 bits per heavy atom. The van der Waals surface area contributed by atoms with E-state index in [-0.39, 0.29) is 5.75 Å². The topological polar surface area (TPSA) is 49.7 Å². The highest BCUT2D eigenvalue weighted by atomic mass is 16.5. The first-order valence-corrected chi connectivity index (χ1v) is 5.22. The van der Waals surface area contributed by atoms with Crippen molar-refractivity contribution in [3.05, 3.63) is 23.8 Å². The second-order valence-electron chi connectivity index (χ2n) is 4.19. The lowest BCUT2D eigenvalue weighted by Crippen LogP contribution is -2.07. The fourth-order valence-electron chi connectivity index (χ4n) is 1.70. The van der Waals surface area contributed by atoms with Gasteiger partial charge in [-0.2, -0.15) is 0 Å². The van der Waals surface area contributed by atoms with Crippen LogP contribution < -0.4 is 4.74 Å². The number of aliphatic hydroxyl groups is 1. The van der Waals surface area contributed by atoms with Crippen molar-refractivity contribution in [3.63, 3.8) is 0 Å². The fraction of sp³-hybridized carbons (Fsp3) is 0.500. The van der Waals surface area contributed by atoms with Gasteiger partial charge in [0.15, 0.2) is 11.5 Å². The molecule has 0 heterocycles. The van der Waals surface area contributed by atoms with E-state index in [0.717, 1.165) is 18.4 Å². The summed E-state index contributed by atoms with van der Waals surface area (Å²) >= 11 is 0. The zero-order chi connectivity index (χ0) is 10.9. The van der Waals surface area contributed by atoms with Crippen LogP contribution in [-0.4, -0.2) is 22.9 Å².